The third kappa shape index (κ3) is 4.08. The molecule has 1 unspecified atom stereocenters. The number of pyridine rings is 1. The number of carbonyl (C=O) groups is 1. The van der Waals surface area contributed by atoms with E-state index in [4.69, 9.17) is 11.6 Å². The molecule has 1 saturated heterocycles. The highest BCUT2D eigenvalue weighted by Gasteiger charge is 2.27. The smallest absolute Gasteiger partial charge is 0.255 e. The molecule has 116 valence electrons. The zero-order chi connectivity index (χ0) is 15.5. The van der Waals surface area contributed by atoms with Crippen LogP contribution in [0, 0.1) is 0 Å². The predicted molar refractivity (Wildman–Crippen MR) is 83.8 cm³/mol. The first-order chi connectivity index (χ1) is 9.93. The van der Waals surface area contributed by atoms with Crippen LogP contribution in [-0.4, -0.2) is 46.1 Å². The maximum Gasteiger partial charge on any atom is 0.255 e. The molecule has 2 N–H and O–H groups in total. The van der Waals surface area contributed by atoms with Crippen LogP contribution < -0.4 is 5.32 Å². The van der Waals surface area contributed by atoms with E-state index in [2.05, 4.69) is 10.3 Å². The number of likely N-dealkylation sites (tertiary alicyclic amines) is 1. The molecule has 0 bridgehead atoms. The van der Waals surface area contributed by atoms with Crippen molar-refractivity contribution in [3.05, 3.63) is 22.8 Å². The molecular formula is C15H22ClN3O2. The predicted octanol–water partition coefficient (Wildman–Crippen LogP) is 2.54. The van der Waals surface area contributed by atoms with Gasteiger partial charge in [0.1, 0.15) is 5.82 Å². The van der Waals surface area contributed by atoms with Gasteiger partial charge >= 0.3 is 0 Å². The lowest BCUT2D eigenvalue weighted by molar-refractivity contribution is 0.0438. The van der Waals surface area contributed by atoms with Crippen molar-refractivity contribution in [1.29, 1.82) is 0 Å². The average molecular weight is 312 g/mol. The number of hydrogen-bond acceptors (Lipinski definition) is 4. The summed E-state index contributed by atoms with van der Waals surface area (Å²) >= 11 is 6.13. The molecule has 0 spiro atoms. The summed E-state index contributed by atoms with van der Waals surface area (Å²) < 4.78 is 0. The van der Waals surface area contributed by atoms with Crippen LogP contribution >= 0.6 is 11.6 Å². The Morgan fingerprint density at radius 1 is 1.52 bits per heavy atom. The normalized spacial score (nSPS) is 22.8. The van der Waals surface area contributed by atoms with Gasteiger partial charge < -0.3 is 15.3 Å². The van der Waals surface area contributed by atoms with Gasteiger partial charge in [0.15, 0.2) is 0 Å². The number of halogens is 1. The van der Waals surface area contributed by atoms with Crippen molar-refractivity contribution < 1.29 is 9.90 Å². The van der Waals surface area contributed by atoms with Crippen LogP contribution in [-0.2, 0) is 0 Å². The Balaban J connectivity index is 2.11. The van der Waals surface area contributed by atoms with Crippen molar-refractivity contribution in [2.45, 2.75) is 38.7 Å². The minimum atomic E-state index is -0.681. The Morgan fingerprint density at radius 3 is 2.95 bits per heavy atom. The number of aliphatic hydroxyl groups is 1. The van der Waals surface area contributed by atoms with Crippen molar-refractivity contribution in [2.75, 3.05) is 25.0 Å². The van der Waals surface area contributed by atoms with Crippen LogP contribution in [0.4, 0.5) is 5.82 Å². The summed E-state index contributed by atoms with van der Waals surface area (Å²) in [6.45, 7) is 5.71. The summed E-state index contributed by atoms with van der Waals surface area (Å²) in [5.74, 6) is 0.514. The second kappa shape index (κ2) is 6.62. The topological polar surface area (TPSA) is 65.5 Å². The number of rotatable bonds is 3. The van der Waals surface area contributed by atoms with E-state index in [0.717, 1.165) is 19.4 Å². The van der Waals surface area contributed by atoms with E-state index in [1.165, 1.54) is 0 Å². The van der Waals surface area contributed by atoms with Crippen molar-refractivity contribution in [2.24, 2.45) is 0 Å². The van der Waals surface area contributed by atoms with Gasteiger partial charge in [0.2, 0.25) is 0 Å². The molecular weight excluding hydrogens is 290 g/mol. The summed E-state index contributed by atoms with van der Waals surface area (Å²) in [7, 11) is 0. The quantitative estimate of drug-likeness (QED) is 0.900. The van der Waals surface area contributed by atoms with Gasteiger partial charge in [0.05, 0.1) is 16.2 Å². The summed E-state index contributed by atoms with van der Waals surface area (Å²) in [5, 5.41) is 13.6. The van der Waals surface area contributed by atoms with Crippen molar-refractivity contribution in [3.63, 3.8) is 0 Å². The first-order valence-corrected chi connectivity index (χ1v) is 7.72. The van der Waals surface area contributed by atoms with Gasteiger partial charge in [-0.05, 0) is 39.2 Å². The highest BCUT2D eigenvalue weighted by atomic mass is 35.5. The van der Waals surface area contributed by atoms with E-state index in [0.29, 0.717) is 35.9 Å². The van der Waals surface area contributed by atoms with E-state index < -0.39 is 5.60 Å². The van der Waals surface area contributed by atoms with Gasteiger partial charge in [-0.1, -0.05) is 11.6 Å². The van der Waals surface area contributed by atoms with Crippen LogP contribution in [0.5, 0.6) is 0 Å². The molecule has 1 aromatic rings. The van der Waals surface area contributed by atoms with Gasteiger partial charge in [-0.2, -0.15) is 0 Å². The highest BCUT2D eigenvalue weighted by Crippen LogP contribution is 2.24. The molecule has 21 heavy (non-hydrogen) atoms. The minimum absolute atomic E-state index is 0.0786. The van der Waals surface area contributed by atoms with Crippen LogP contribution in [0.15, 0.2) is 12.3 Å². The van der Waals surface area contributed by atoms with E-state index in [-0.39, 0.29) is 5.91 Å². The Kier molecular flexibility index (Phi) is 5.06. The molecule has 1 aliphatic heterocycles. The Hall–Kier alpha value is -1.33. The molecule has 2 heterocycles. The van der Waals surface area contributed by atoms with Gasteiger partial charge in [-0.3, -0.25) is 4.79 Å². The highest BCUT2D eigenvalue weighted by molar-refractivity contribution is 6.33. The van der Waals surface area contributed by atoms with Crippen molar-refractivity contribution in [3.8, 4) is 0 Å². The molecule has 1 amide bonds. The largest absolute Gasteiger partial charge is 0.390 e. The van der Waals surface area contributed by atoms with E-state index in [1.54, 1.807) is 17.2 Å². The number of aromatic nitrogens is 1. The third-order valence-electron chi connectivity index (χ3n) is 3.78. The Labute approximate surface area is 130 Å². The third-order valence-corrected chi connectivity index (χ3v) is 4.07. The molecule has 0 aromatic carbocycles. The lowest BCUT2D eigenvalue weighted by Gasteiger charge is -2.22. The molecule has 2 rings (SSSR count). The lowest BCUT2D eigenvalue weighted by atomic mass is 9.98. The number of nitrogens with one attached hydrogen (secondary N) is 1. The zero-order valence-electron chi connectivity index (χ0n) is 12.5. The Morgan fingerprint density at radius 2 is 2.29 bits per heavy atom. The molecule has 1 atom stereocenters. The van der Waals surface area contributed by atoms with Gasteiger partial charge in [-0.15, -0.1) is 0 Å². The van der Waals surface area contributed by atoms with E-state index in [9.17, 15) is 9.90 Å². The molecule has 1 aliphatic rings. The number of amides is 1. The molecule has 5 nitrogen and oxygen atoms in total. The maximum atomic E-state index is 12.5. The summed E-state index contributed by atoms with van der Waals surface area (Å²) in [5.41, 5.74) is -0.192. The van der Waals surface area contributed by atoms with Crippen LogP contribution in [0.25, 0.3) is 0 Å². The monoisotopic (exact) mass is 311 g/mol. The number of hydrogen-bond donors (Lipinski definition) is 2. The summed E-state index contributed by atoms with van der Waals surface area (Å²) in [6.07, 6.45) is 3.66. The minimum Gasteiger partial charge on any atom is -0.390 e. The fourth-order valence-corrected chi connectivity index (χ4v) is 2.73. The van der Waals surface area contributed by atoms with Gasteiger partial charge in [0, 0.05) is 25.8 Å². The maximum absolute atomic E-state index is 12.5. The second-order valence-corrected chi connectivity index (χ2v) is 6.13. The summed E-state index contributed by atoms with van der Waals surface area (Å²) in [4.78, 5) is 18.5. The molecule has 6 heteroatoms. The van der Waals surface area contributed by atoms with Crippen LogP contribution in [0.3, 0.4) is 0 Å². The molecule has 1 fully saturated rings. The lowest BCUT2D eigenvalue weighted by Crippen LogP contribution is -2.33. The fourth-order valence-electron chi connectivity index (χ4n) is 2.50. The molecule has 0 radical (unpaired) electrons. The molecule has 0 saturated carbocycles. The SMILES string of the molecule is CCNc1ncc(C(=O)N2CCCC(C)(O)CC2)cc1Cl. The fraction of sp³-hybridized carbons (Fsp3) is 0.600. The first-order valence-electron chi connectivity index (χ1n) is 7.34. The van der Waals surface area contributed by atoms with Gasteiger partial charge in [-0.25, -0.2) is 4.98 Å². The van der Waals surface area contributed by atoms with Crippen molar-refractivity contribution in [1.82, 2.24) is 9.88 Å². The van der Waals surface area contributed by atoms with E-state index in [1.807, 2.05) is 13.8 Å². The average Bonchev–Trinajstić information content (AvgIpc) is 2.61. The van der Waals surface area contributed by atoms with Crippen molar-refractivity contribution >= 4 is 23.3 Å². The second-order valence-electron chi connectivity index (χ2n) is 5.73. The Bertz CT molecular complexity index is 520. The van der Waals surface area contributed by atoms with Crippen LogP contribution in [0.1, 0.15) is 43.5 Å². The molecule has 1 aromatic heterocycles. The number of nitrogens with zero attached hydrogens (tertiary/aromatic N) is 2. The summed E-state index contributed by atoms with van der Waals surface area (Å²) in [6, 6.07) is 1.65. The standard InChI is InChI=1S/C15H22ClN3O2/c1-3-17-13-12(16)9-11(10-18-13)14(20)19-7-4-5-15(2,21)6-8-19/h9-10,21H,3-8H2,1-2H3,(H,17,18). The number of carbonyl (C=O) groups excluding carboxylic acids is 1. The van der Waals surface area contributed by atoms with Crippen LogP contribution in [0.2, 0.25) is 5.02 Å². The zero-order valence-corrected chi connectivity index (χ0v) is 13.3. The number of anilines is 1. The molecule has 0 aliphatic carbocycles. The van der Waals surface area contributed by atoms with E-state index >= 15 is 0 Å². The first kappa shape index (κ1) is 16.0. The van der Waals surface area contributed by atoms with Gasteiger partial charge in [0.25, 0.3) is 5.91 Å².